The molecule has 1 amide bonds. The van der Waals surface area contributed by atoms with Gasteiger partial charge in [0.1, 0.15) is 5.82 Å². The number of hydrogen-bond donors (Lipinski definition) is 1. The summed E-state index contributed by atoms with van der Waals surface area (Å²) in [6.07, 6.45) is 0.722. The highest BCUT2D eigenvalue weighted by Gasteiger charge is 2.23. The molecular weight excluding hydrogens is 423 g/mol. The van der Waals surface area contributed by atoms with Crippen molar-refractivity contribution >= 4 is 37.5 Å². The summed E-state index contributed by atoms with van der Waals surface area (Å²) in [6.45, 7) is 3.50. The fraction of sp³-hybridized carbons (Fsp3) is 0.278. The zero-order valence-electron chi connectivity index (χ0n) is 14.7. The Morgan fingerprint density at radius 2 is 1.85 bits per heavy atom. The van der Waals surface area contributed by atoms with Crippen LogP contribution in [0.5, 0.6) is 0 Å². The third-order valence-corrected chi connectivity index (χ3v) is 6.19. The zero-order valence-corrected chi connectivity index (χ0v) is 17.1. The zero-order chi connectivity index (χ0) is 19.5. The predicted molar refractivity (Wildman–Crippen MR) is 103 cm³/mol. The first-order chi connectivity index (χ1) is 12.1. The minimum Gasteiger partial charge on any atom is -0.324 e. The molecule has 0 unspecified atom stereocenters. The summed E-state index contributed by atoms with van der Waals surface area (Å²) in [7, 11) is -2.56. The van der Waals surface area contributed by atoms with E-state index in [1.165, 1.54) is 19.2 Å². The molecule has 5 nitrogen and oxygen atoms in total. The van der Waals surface area contributed by atoms with Crippen LogP contribution in [0.4, 0.5) is 10.1 Å². The van der Waals surface area contributed by atoms with Crippen LogP contribution in [0.2, 0.25) is 0 Å². The third-order valence-electron chi connectivity index (χ3n) is 3.92. The van der Waals surface area contributed by atoms with Crippen LogP contribution in [-0.2, 0) is 21.2 Å². The Kier molecular flexibility index (Phi) is 6.54. The first-order valence-corrected chi connectivity index (χ1v) is 10.2. The van der Waals surface area contributed by atoms with E-state index in [-0.39, 0.29) is 11.4 Å². The number of nitrogens with zero attached hydrogens (tertiary/aromatic N) is 1. The van der Waals surface area contributed by atoms with E-state index in [1.54, 1.807) is 0 Å². The van der Waals surface area contributed by atoms with Crippen LogP contribution in [0.25, 0.3) is 0 Å². The SMILES string of the molecule is CCc1cc(Br)cc(C)c1NC(=O)CN(C)S(=O)(=O)c1ccc(F)cc1. The van der Waals surface area contributed by atoms with Gasteiger partial charge in [0.15, 0.2) is 0 Å². The minimum atomic E-state index is -3.88. The largest absolute Gasteiger partial charge is 0.324 e. The Morgan fingerprint density at radius 3 is 2.42 bits per heavy atom. The summed E-state index contributed by atoms with van der Waals surface area (Å²) in [4.78, 5) is 12.3. The van der Waals surface area contributed by atoms with Crippen LogP contribution in [0.15, 0.2) is 45.8 Å². The van der Waals surface area contributed by atoms with E-state index in [1.807, 2.05) is 26.0 Å². The van der Waals surface area contributed by atoms with Crippen LogP contribution in [0.3, 0.4) is 0 Å². The molecule has 0 spiro atoms. The number of carbonyl (C=O) groups excluding carboxylic acids is 1. The molecule has 0 aliphatic rings. The summed E-state index contributed by atoms with van der Waals surface area (Å²) in [6, 6.07) is 8.29. The van der Waals surface area contributed by atoms with E-state index < -0.39 is 21.7 Å². The summed E-state index contributed by atoms with van der Waals surface area (Å²) in [5.41, 5.74) is 2.52. The Labute approximate surface area is 161 Å². The second kappa shape index (κ2) is 8.28. The van der Waals surface area contributed by atoms with Crippen molar-refractivity contribution in [3.63, 3.8) is 0 Å². The number of hydrogen-bond acceptors (Lipinski definition) is 3. The molecule has 2 rings (SSSR count). The number of likely N-dealkylation sites (N-methyl/N-ethyl adjacent to an activating group) is 1. The van der Waals surface area contributed by atoms with Gasteiger partial charge in [-0.25, -0.2) is 12.8 Å². The Bertz CT molecular complexity index is 915. The van der Waals surface area contributed by atoms with Gasteiger partial charge >= 0.3 is 0 Å². The molecule has 0 radical (unpaired) electrons. The lowest BCUT2D eigenvalue weighted by atomic mass is 10.1. The van der Waals surface area contributed by atoms with Crippen LogP contribution in [0.1, 0.15) is 18.1 Å². The highest BCUT2D eigenvalue weighted by atomic mass is 79.9. The quantitative estimate of drug-likeness (QED) is 0.740. The third kappa shape index (κ3) is 4.69. The summed E-state index contributed by atoms with van der Waals surface area (Å²) in [5.74, 6) is -0.972. The minimum absolute atomic E-state index is 0.0664. The van der Waals surface area contributed by atoms with E-state index in [0.29, 0.717) is 5.69 Å². The van der Waals surface area contributed by atoms with Crippen molar-refractivity contribution in [3.8, 4) is 0 Å². The van der Waals surface area contributed by atoms with Crippen LogP contribution in [-0.4, -0.2) is 32.2 Å². The molecule has 0 bridgehead atoms. The van der Waals surface area contributed by atoms with E-state index in [4.69, 9.17) is 0 Å². The Morgan fingerprint density at radius 1 is 1.23 bits per heavy atom. The summed E-state index contributed by atoms with van der Waals surface area (Å²) < 4.78 is 39.8. The van der Waals surface area contributed by atoms with Crippen molar-refractivity contribution in [1.82, 2.24) is 4.31 Å². The number of rotatable bonds is 6. The monoisotopic (exact) mass is 442 g/mol. The molecule has 0 aliphatic heterocycles. The second-order valence-electron chi connectivity index (χ2n) is 5.87. The molecule has 1 N–H and O–H groups in total. The van der Waals surface area contributed by atoms with Gasteiger partial charge in [-0.1, -0.05) is 22.9 Å². The number of anilines is 1. The topological polar surface area (TPSA) is 66.5 Å². The molecule has 0 saturated carbocycles. The summed E-state index contributed by atoms with van der Waals surface area (Å²) in [5, 5.41) is 2.79. The maximum absolute atomic E-state index is 13.0. The molecule has 0 fully saturated rings. The van der Waals surface area contributed by atoms with E-state index in [9.17, 15) is 17.6 Å². The normalized spacial score (nSPS) is 11.6. The maximum atomic E-state index is 13.0. The van der Waals surface area contributed by atoms with Gasteiger partial charge in [-0.3, -0.25) is 4.79 Å². The lowest BCUT2D eigenvalue weighted by Gasteiger charge is -2.19. The number of sulfonamides is 1. The molecule has 0 atom stereocenters. The van der Waals surface area contributed by atoms with Crippen LogP contribution < -0.4 is 5.32 Å². The number of aryl methyl sites for hydroxylation is 2. The highest BCUT2D eigenvalue weighted by Crippen LogP contribution is 2.26. The number of benzene rings is 2. The lowest BCUT2D eigenvalue weighted by Crippen LogP contribution is -2.35. The number of halogens is 2. The number of nitrogens with one attached hydrogen (secondary N) is 1. The highest BCUT2D eigenvalue weighted by molar-refractivity contribution is 9.10. The van der Waals surface area contributed by atoms with Crippen molar-refractivity contribution < 1.29 is 17.6 Å². The molecule has 0 saturated heterocycles. The molecule has 26 heavy (non-hydrogen) atoms. The first kappa shape index (κ1) is 20.5. The van der Waals surface area contributed by atoms with Crippen LogP contribution >= 0.6 is 15.9 Å². The molecule has 0 aliphatic carbocycles. The number of carbonyl (C=O) groups is 1. The Hall–Kier alpha value is -1.77. The molecule has 8 heteroatoms. The molecule has 2 aromatic carbocycles. The summed E-state index contributed by atoms with van der Waals surface area (Å²) >= 11 is 3.42. The van der Waals surface area contributed by atoms with E-state index in [2.05, 4.69) is 21.2 Å². The smallest absolute Gasteiger partial charge is 0.243 e. The van der Waals surface area contributed by atoms with Gasteiger partial charge < -0.3 is 5.32 Å². The maximum Gasteiger partial charge on any atom is 0.243 e. The molecule has 0 aromatic heterocycles. The van der Waals surface area contributed by atoms with Gasteiger partial charge in [0, 0.05) is 17.2 Å². The van der Waals surface area contributed by atoms with Gasteiger partial charge in [0.25, 0.3) is 0 Å². The fourth-order valence-corrected chi connectivity index (χ4v) is 4.27. The van der Waals surface area contributed by atoms with E-state index >= 15 is 0 Å². The molecule has 0 heterocycles. The molecule has 2 aromatic rings. The molecular formula is C18H20BrFN2O3S. The predicted octanol–water partition coefficient (Wildman–Crippen LogP) is 3.72. The van der Waals surface area contributed by atoms with Gasteiger partial charge in [0.2, 0.25) is 15.9 Å². The van der Waals surface area contributed by atoms with Crippen LogP contribution in [0, 0.1) is 12.7 Å². The van der Waals surface area contributed by atoms with Gasteiger partial charge in [-0.15, -0.1) is 0 Å². The average Bonchev–Trinajstić information content (AvgIpc) is 2.57. The second-order valence-corrected chi connectivity index (χ2v) is 8.83. The molecule has 140 valence electrons. The van der Waals surface area contributed by atoms with Crippen molar-refractivity contribution in [3.05, 3.63) is 57.8 Å². The lowest BCUT2D eigenvalue weighted by molar-refractivity contribution is -0.116. The first-order valence-electron chi connectivity index (χ1n) is 7.96. The Balaban J connectivity index is 2.16. The number of amides is 1. The van der Waals surface area contributed by atoms with Gasteiger partial charge in [0.05, 0.1) is 11.4 Å². The van der Waals surface area contributed by atoms with Gasteiger partial charge in [-0.05, 0) is 60.9 Å². The van der Waals surface area contributed by atoms with Gasteiger partial charge in [-0.2, -0.15) is 4.31 Å². The van der Waals surface area contributed by atoms with Crippen molar-refractivity contribution in [2.75, 3.05) is 18.9 Å². The standard InChI is InChI=1S/C18H20BrFN2O3S/c1-4-13-10-14(19)9-12(2)18(13)21-17(23)11-22(3)26(24,25)16-7-5-15(20)6-8-16/h5-10H,4,11H2,1-3H3,(H,21,23). The van der Waals surface area contributed by atoms with E-state index in [0.717, 1.165) is 38.5 Å². The fourth-order valence-electron chi connectivity index (χ4n) is 2.52. The van der Waals surface area contributed by atoms with Crippen molar-refractivity contribution in [2.24, 2.45) is 0 Å². The van der Waals surface area contributed by atoms with Crippen molar-refractivity contribution in [1.29, 1.82) is 0 Å². The average molecular weight is 443 g/mol. The van der Waals surface area contributed by atoms with Crippen molar-refractivity contribution in [2.45, 2.75) is 25.2 Å².